The molecule has 0 N–H and O–H groups in total. The smallest absolute Gasteiger partial charge is 0.147 e. The lowest BCUT2D eigenvalue weighted by Crippen LogP contribution is -2.49. The Morgan fingerprint density at radius 3 is 2.13 bits per heavy atom. The molecule has 0 spiro atoms. The van der Waals surface area contributed by atoms with Crippen molar-refractivity contribution < 1.29 is 8.83 Å². The summed E-state index contributed by atoms with van der Waals surface area (Å²) >= 11 is 0. The molecule has 7 aromatic carbocycles. The van der Waals surface area contributed by atoms with Gasteiger partial charge in [0.2, 0.25) is 0 Å². The van der Waals surface area contributed by atoms with Crippen LogP contribution in [0.3, 0.4) is 0 Å². The molecule has 0 fully saturated rings. The molecule has 1 aliphatic rings. The van der Waals surface area contributed by atoms with Crippen molar-refractivity contribution in [3.8, 4) is 11.1 Å². The Hall–Kier alpha value is -5.58. The first-order valence-corrected chi connectivity index (χ1v) is 18.9. The number of hydrogen-bond acceptors (Lipinski definition) is 3. The predicted molar refractivity (Wildman–Crippen MR) is 195 cm³/mol. The molecule has 0 atom stereocenters. The maximum atomic E-state index is 6.74. The summed E-state index contributed by atoms with van der Waals surface area (Å²) in [5, 5.41) is 9.69. The molecule has 0 saturated carbocycles. The van der Waals surface area contributed by atoms with Crippen molar-refractivity contribution in [2.75, 3.05) is 4.90 Å². The highest BCUT2D eigenvalue weighted by molar-refractivity contribution is 7.03. The molecule has 0 bridgehead atoms. The normalized spacial score (nSPS) is 13.6. The summed E-state index contributed by atoms with van der Waals surface area (Å²) in [7, 11) is -1.88. The first-order chi connectivity index (χ1) is 22.6. The maximum Gasteiger partial charge on any atom is 0.147 e. The van der Waals surface area contributed by atoms with Gasteiger partial charge in [-0.05, 0) is 86.9 Å². The zero-order valence-electron chi connectivity index (χ0n) is 25.5. The summed E-state index contributed by atoms with van der Waals surface area (Å²) in [4.78, 5) is 2.39. The van der Waals surface area contributed by atoms with Crippen LogP contribution in [-0.2, 0) is 0 Å². The van der Waals surface area contributed by atoms with Crippen LogP contribution >= 0.6 is 0 Å². The molecule has 4 heteroatoms. The number of fused-ring (bicyclic) bond motifs is 12. The molecular formula is C42H29NO2Si. The van der Waals surface area contributed by atoms with Crippen LogP contribution in [0.25, 0.3) is 65.8 Å². The van der Waals surface area contributed by atoms with E-state index < -0.39 is 8.07 Å². The SMILES string of the molecule is C[Si]1(C)c2ccccc2-c2ccc(N(c3ccccc3)c3cccc4oc5ccc6c(oc7ccc8ccccc8c76)c5c34)cc21. The molecule has 1 aliphatic heterocycles. The Morgan fingerprint density at radius 2 is 1.22 bits per heavy atom. The minimum absolute atomic E-state index is 0.823. The fraction of sp³-hybridized carbons (Fsp3) is 0.0476. The van der Waals surface area contributed by atoms with E-state index in [0.717, 1.165) is 60.9 Å². The Kier molecular flexibility index (Phi) is 5.16. The second kappa shape index (κ2) is 9.22. The molecule has 0 aliphatic carbocycles. The summed E-state index contributed by atoms with van der Waals surface area (Å²) in [6.45, 7) is 4.95. The van der Waals surface area contributed by atoms with E-state index in [1.807, 2.05) is 0 Å². The molecule has 0 radical (unpaired) electrons. The van der Waals surface area contributed by atoms with Gasteiger partial charge in [-0.1, -0.05) is 98.0 Å². The van der Waals surface area contributed by atoms with E-state index in [1.54, 1.807) is 0 Å². The van der Waals surface area contributed by atoms with E-state index in [9.17, 15) is 0 Å². The van der Waals surface area contributed by atoms with Gasteiger partial charge in [0.05, 0.1) is 16.5 Å². The molecule has 0 unspecified atom stereocenters. The molecule has 46 heavy (non-hydrogen) atoms. The number of nitrogens with zero attached hydrogens (tertiary/aromatic N) is 1. The van der Waals surface area contributed by atoms with Gasteiger partial charge in [-0.2, -0.15) is 0 Å². The van der Waals surface area contributed by atoms with Gasteiger partial charge < -0.3 is 13.7 Å². The van der Waals surface area contributed by atoms with Crippen LogP contribution in [0.5, 0.6) is 0 Å². The number of hydrogen-bond donors (Lipinski definition) is 0. The highest BCUT2D eigenvalue weighted by Gasteiger charge is 2.37. The van der Waals surface area contributed by atoms with Gasteiger partial charge in [-0.25, -0.2) is 0 Å². The minimum Gasteiger partial charge on any atom is -0.456 e. The van der Waals surface area contributed by atoms with Crippen molar-refractivity contribution in [2.45, 2.75) is 13.1 Å². The second-order valence-electron chi connectivity index (χ2n) is 12.9. The molecule has 3 heterocycles. The van der Waals surface area contributed by atoms with Gasteiger partial charge in [0.1, 0.15) is 30.4 Å². The van der Waals surface area contributed by atoms with Gasteiger partial charge >= 0.3 is 0 Å². The van der Waals surface area contributed by atoms with E-state index in [0.29, 0.717) is 0 Å². The van der Waals surface area contributed by atoms with Crippen molar-refractivity contribution in [1.82, 2.24) is 0 Å². The van der Waals surface area contributed by atoms with E-state index >= 15 is 0 Å². The van der Waals surface area contributed by atoms with Crippen molar-refractivity contribution >= 4 is 90.2 Å². The number of furan rings is 2. The van der Waals surface area contributed by atoms with E-state index in [1.165, 1.54) is 32.3 Å². The molecule has 2 aromatic heterocycles. The zero-order chi connectivity index (χ0) is 30.6. The van der Waals surface area contributed by atoms with Crippen molar-refractivity contribution in [1.29, 1.82) is 0 Å². The van der Waals surface area contributed by atoms with E-state index in [-0.39, 0.29) is 0 Å². The molecule has 3 nitrogen and oxygen atoms in total. The van der Waals surface area contributed by atoms with Crippen LogP contribution in [0.15, 0.2) is 148 Å². The fourth-order valence-corrected chi connectivity index (χ4v) is 11.0. The third kappa shape index (κ3) is 3.42. The number of benzene rings is 7. The largest absolute Gasteiger partial charge is 0.456 e. The Balaban J connectivity index is 1.28. The number of anilines is 3. The van der Waals surface area contributed by atoms with Crippen LogP contribution in [0, 0.1) is 0 Å². The fourth-order valence-electron chi connectivity index (χ4n) is 7.91. The van der Waals surface area contributed by atoms with Gasteiger partial charge in [-0.3, -0.25) is 0 Å². The highest BCUT2D eigenvalue weighted by Crippen LogP contribution is 2.47. The lowest BCUT2D eigenvalue weighted by atomic mass is 10.0. The predicted octanol–water partition coefficient (Wildman–Crippen LogP) is 10.9. The molecule has 9 aromatic rings. The first-order valence-electron chi connectivity index (χ1n) is 15.9. The summed E-state index contributed by atoms with van der Waals surface area (Å²) < 4.78 is 13.3. The van der Waals surface area contributed by atoms with Crippen LogP contribution in [0.4, 0.5) is 17.1 Å². The third-order valence-corrected chi connectivity index (χ3v) is 13.6. The van der Waals surface area contributed by atoms with Crippen molar-refractivity contribution in [3.63, 3.8) is 0 Å². The van der Waals surface area contributed by atoms with Crippen molar-refractivity contribution in [3.05, 3.63) is 140 Å². The minimum atomic E-state index is -1.88. The Bertz CT molecular complexity index is 2680. The number of rotatable bonds is 3. The second-order valence-corrected chi connectivity index (χ2v) is 17.2. The molecule has 218 valence electrons. The molecule has 0 saturated heterocycles. The summed E-state index contributed by atoms with van der Waals surface area (Å²) in [5.74, 6) is 0. The van der Waals surface area contributed by atoms with Crippen LogP contribution in [-0.4, -0.2) is 8.07 Å². The third-order valence-electron chi connectivity index (χ3n) is 10.0. The maximum absolute atomic E-state index is 6.74. The average molecular weight is 608 g/mol. The Labute approximate surface area is 266 Å². The van der Waals surface area contributed by atoms with Gasteiger partial charge in [-0.15, -0.1) is 0 Å². The van der Waals surface area contributed by atoms with Crippen LogP contribution < -0.4 is 15.3 Å². The van der Waals surface area contributed by atoms with Gasteiger partial charge in [0, 0.05) is 22.1 Å². The average Bonchev–Trinajstić information content (AvgIpc) is 3.74. The topological polar surface area (TPSA) is 29.5 Å². The van der Waals surface area contributed by atoms with Gasteiger partial charge in [0.25, 0.3) is 0 Å². The monoisotopic (exact) mass is 607 g/mol. The lowest BCUT2D eigenvalue weighted by Gasteiger charge is -2.28. The molecule has 10 rings (SSSR count). The summed E-state index contributed by atoms with van der Waals surface area (Å²) in [6.07, 6.45) is 0. The highest BCUT2D eigenvalue weighted by atomic mass is 28.3. The molecular weight excluding hydrogens is 579 g/mol. The standard InChI is InChI=1S/C42H29NO2Si/c1-46(2)37-18-9-8-15-30(37)31-21-20-28(25-38(31)46)43(27-12-4-3-5-13-27)33-16-10-17-34-40(33)41-36(44-34)24-22-32-39-29-14-7-6-11-26(29)19-23-35(39)45-42(32)41/h3-25H,1-2H3. The quantitative estimate of drug-likeness (QED) is 0.187. The van der Waals surface area contributed by atoms with Gasteiger partial charge in [0.15, 0.2) is 0 Å². The van der Waals surface area contributed by atoms with E-state index in [4.69, 9.17) is 8.83 Å². The summed E-state index contributed by atoms with van der Waals surface area (Å²) in [6, 6.07) is 50.1. The first kappa shape index (κ1) is 25.7. The number of para-hydroxylation sites is 1. The van der Waals surface area contributed by atoms with E-state index in [2.05, 4.69) is 158 Å². The zero-order valence-corrected chi connectivity index (χ0v) is 26.5. The Morgan fingerprint density at radius 1 is 0.478 bits per heavy atom. The van der Waals surface area contributed by atoms with Crippen LogP contribution in [0.1, 0.15) is 0 Å². The summed E-state index contributed by atoms with van der Waals surface area (Å²) in [5.41, 5.74) is 9.47. The lowest BCUT2D eigenvalue weighted by molar-refractivity contribution is 0.663. The molecule has 0 amide bonds. The van der Waals surface area contributed by atoms with Crippen molar-refractivity contribution in [2.24, 2.45) is 0 Å². The van der Waals surface area contributed by atoms with Crippen LogP contribution in [0.2, 0.25) is 13.1 Å².